The number of carbonyl (C=O) groups excluding carboxylic acids is 1. The van der Waals surface area contributed by atoms with Crippen LogP contribution in [0.1, 0.15) is 72.6 Å². The molecule has 0 atom stereocenters. The maximum Gasteiger partial charge on any atom is 0.501 e. The van der Waals surface area contributed by atoms with Gasteiger partial charge in [-0.25, -0.2) is 4.79 Å². The van der Waals surface area contributed by atoms with Gasteiger partial charge in [0.05, 0.1) is 6.61 Å². The first kappa shape index (κ1) is 24.3. The van der Waals surface area contributed by atoms with E-state index in [1.165, 1.54) is 6.08 Å². The second kappa shape index (κ2) is 16.8. The van der Waals surface area contributed by atoms with Crippen molar-refractivity contribution in [2.24, 2.45) is 0 Å². The predicted octanol–water partition coefficient (Wildman–Crippen LogP) is 4.88. The number of hydrogen-bond acceptors (Lipinski definition) is 5. The van der Waals surface area contributed by atoms with Crippen molar-refractivity contribution in [3.8, 4) is 0 Å². The summed E-state index contributed by atoms with van der Waals surface area (Å²) in [7, 11) is -2.71. The number of esters is 1. The minimum Gasteiger partial charge on any atom is -0.463 e. The lowest BCUT2D eigenvalue weighted by Crippen LogP contribution is -2.47. The molecule has 0 aliphatic carbocycles. The monoisotopic (exact) mass is 374 g/mol. The average Bonchev–Trinajstić information content (AvgIpc) is 2.60. The highest BCUT2D eigenvalue weighted by atomic mass is 28.4. The molecule has 148 valence electrons. The Hall–Kier alpha value is -0.693. The SMILES string of the molecule is CC=CC(=O)OCCC[Si](OCCCC)(OCCCC)OCCCC. The second-order valence-electron chi connectivity index (χ2n) is 6.06. The van der Waals surface area contributed by atoms with E-state index in [9.17, 15) is 4.79 Å². The van der Waals surface area contributed by atoms with Crippen molar-refractivity contribution in [1.82, 2.24) is 0 Å². The molecule has 6 heteroatoms. The van der Waals surface area contributed by atoms with Crippen LogP contribution in [0.15, 0.2) is 12.2 Å². The van der Waals surface area contributed by atoms with Gasteiger partial charge in [0.1, 0.15) is 0 Å². The van der Waals surface area contributed by atoms with Gasteiger partial charge in [-0.15, -0.1) is 0 Å². The Kier molecular flexibility index (Phi) is 16.3. The zero-order chi connectivity index (χ0) is 18.8. The Morgan fingerprint density at radius 2 is 1.28 bits per heavy atom. The molecule has 0 aromatic rings. The highest BCUT2D eigenvalue weighted by Crippen LogP contribution is 2.20. The Balaban J connectivity index is 4.65. The molecule has 0 N–H and O–H groups in total. The first-order chi connectivity index (χ1) is 12.1. The van der Waals surface area contributed by atoms with Gasteiger partial charge in [-0.1, -0.05) is 46.1 Å². The fourth-order valence-electron chi connectivity index (χ4n) is 2.10. The van der Waals surface area contributed by atoms with Gasteiger partial charge in [0, 0.05) is 31.9 Å². The van der Waals surface area contributed by atoms with Crippen molar-refractivity contribution >= 4 is 14.8 Å². The molecule has 25 heavy (non-hydrogen) atoms. The van der Waals surface area contributed by atoms with Crippen molar-refractivity contribution in [1.29, 1.82) is 0 Å². The van der Waals surface area contributed by atoms with Crippen LogP contribution in [0.3, 0.4) is 0 Å². The number of carbonyl (C=O) groups is 1. The molecule has 0 bridgehead atoms. The third kappa shape index (κ3) is 13.2. The van der Waals surface area contributed by atoms with Gasteiger partial charge in [-0.05, 0) is 32.6 Å². The van der Waals surface area contributed by atoms with Crippen LogP contribution >= 0.6 is 0 Å². The molecule has 0 unspecified atom stereocenters. The highest BCUT2D eigenvalue weighted by Gasteiger charge is 2.40. The fourth-order valence-corrected chi connectivity index (χ4v) is 4.73. The van der Waals surface area contributed by atoms with Crippen LogP contribution in [0.4, 0.5) is 0 Å². The molecule has 0 rings (SSSR count). The van der Waals surface area contributed by atoms with E-state index in [1.54, 1.807) is 13.0 Å². The molecule has 0 saturated carbocycles. The summed E-state index contributed by atoms with van der Waals surface area (Å²) >= 11 is 0. The lowest BCUT2D eigenvalue weighted by molar-refractivity contribution is -0.137. The van der Waals surface area contributed by atoms with Gasteiger partial charge in [-0.3, -0.25) is 0 Å². The number of rotatable bonds is 17. The molecular weight excluding hydrogens is 336 g/mol. The van der Waals surface area contributed by atoms with Crippen LogP contribution in [-0.2, 0) is 22.8 Å². The molecular formula is C19H38O5Si. The van der Waals surface area contributed by atoms with Crippen molar-refractivity contribution in [2.45, 2.75) is 78.7 Å². The summed E-state index contributed by atoms with van der Waals surface area (Å²) < 4.78 is 23.7. The van der Waals surface area contributed by atoms with E-state index in [0.29, 0.717) is 38.9 Å². The maximum atomic E-state index is 11.4. The molecule has 0 radical (unpaired) electrons. The van der Waals surface area contributed by atoms with Crippen LogP contribution in [0, 0.1) is 0 Å². The zero-order valence-corrected chi connectivity index (χ0v) is 17.7. The second-order valence-corrected chi connectivity index (χ2v) is 8.79. The normalized spacial score (nSPS) is 12.0. The number of hydrogen-bond donors (Lipinski definition) is 0. The fraction of sp³-hybridized carbons (Fsp3) is 0.842. The first-order valence-corrected chi connectivity index (χ1v) is 11.8. The Bertz CT molecular complexity index is 320. The van der Waals surface area contributed by atoms with Gasteiger partial charge in [0.15, 0.2) is 0 Å². The molecule has 0 spiro atoms. The number of unbranched alkanes of at least 4 members (excludes halogenated alkanes) is 3. The molecule has 0 aromatic carbocycles. The first-order valence-electron chi connectivity index (χ1n) is 9.85. The Labute approximate surface area is 155 Å². The van der Waals surface area contributed by atoms with Crippen LogP contribution in [0.25, 0.3) is 0 Å². The van der Waals surface area contributed by atoms with Gasteiger partial charge in [0.25, 0.3) is 0 Å². The van der Waals surface area contributed by atoms with Crippen molar-refractivity contribution in [2.75, 3.05) is 26.4 Å². The lowest BCUT2D eigenvalue weighted by atomic mass is 10.4. The van der Waals surface area contributed by atoms with Crippen molar-refractivity contribution < 1.29 is 22.8 Å². The molecule has 0 amide bonds. The molecule has 0 saturated heterocycles. The van der Waals surface area contributed by atoms with E-state index in [1.807, 2.05) is 0 Å². The van der Waals surface area contributed by atoms with Crippen molar-refractivity contribution in [3.63, 3.8) is 0 Å². The third-order valence-electron chi connectivity index (χ3n) is 3.63. The van der Waals surface area contributed by atoms with E-state index < -0.39 is 8.80 Å². The standard InChI is InChI=1S/C19H38O5Si/c1-5-9-15-22-25(23-16-10-6-2,24-17-11-7-3)18-12-14-21-19(20)13-8-4/h8,13H,5-7,9-12,14-18H2,1-4H3. The van der Waals surface area contributed by atoms with E-state index in [4.69, 9.17) is 18.0 Å². The van der Waals surface area contributed by atoms with Gasteiger partial charge < -0.3 is 18.0 Å². The van der Waals surface area contributed by atoms with E-state index in [0.717, 1.165) is 38.5 Å². The minimum atomic E-state index is -2.71. The number of ether oxygens (including phenoxy) is 1. The van der Waals surface area contributed by atoms with Gasteiger partial charge in [0.2, 0.25) is 0 Å². The summed E-state index contributed by atoms with van der Waals surface area (Å²) in [6, 6.07) is 0.688. The van der Waals surface area contributed by atoms with Crippen LogP contribution < -0.4 is 0 Å². The van der Waals surface area contributed by atoms with E-state index in [2.05, 4.69) is 20.8 Å². The van der Waals surface area contributed by atoms with Crippen molar-refractivity contribution in [3.05, 3.63) is 12.2 Å². The molecule has 5 nitrogen and oxygen atoms in total. The summed E-state index contributed by atoms with van der Waals surface area (Å²) in [6.45, 7) is 10.6. The topological polar surface area (TPSA) is 54.0 Å². The lowest BCUT2D eigenvalue weighted by Gasteiger charge is -2.30. The quantitative estimate of drug-likeness (QED) is 0.157. The summed E-state index contributed by atoms with van der Waals surface area (Å²) in [4.78, 5) is 11.4. The third-order valence-corrected chi connectivity index (χ3v) is 6.53. The Morgan fingerprint density at radius 1 is 0.800 bits per heavy atom. The highest BCUT2D eigenvalue weighted by molar-refractivity contribution is 6.60. The summed E-state index contributed by atoms with van der Waals surface area (Å²) in [5, 5.41) is 0. The molecule has 0 heterocycles. The molecule has 0 aromatic heterocycles. The van der Waals surface area contributed by atoms with Gasteiger partial charge >= 0.3 is 14.8 Å². The molecule has 0 aliphatic rings. The summed E-state index contributed by atoms with van der Waals surface area (Å²) in [5.41, 5.74) is 0. The zero-order valence-electron chi connectivity index (χ0n) is 16.7. The van der Waals surface area contributed by atoms with Gasteiger partial charge in [-0.2, -0.15) is 0 Å². The van der Waals surface area contributed by atoms with Crippen LogP contribution in [-0.4, -0.2) is 41.2 Å². The smallest absolute Gasteiger partial charge is 0.463 e. The number of allylic oxidation sites excluding steroid dienone is 1. The molecule has 0 aliphatic heterocycles. The van der Waals surface area contributed by atoms with Crippen LogP contribution in [0.2, 0.25) is 6.04 Å². The van der Waals surface area contributed by atoms with E-state index in [-0.39, 0.29) is 5.97 Å². The average molecular weight is 375 g/mol. The van der Waals surface area contributed by atoms with E-state index >= 15 is 0 Å². The summed E-state index contributed by atoms with van der Waals surface area (Å²) in [6.07, 6.45) is 10.0. The van der Waals surface area contributed by atoms with Crippen LogP contribution in [0.5, 0.6) is 0 Å². The predicted molar refractivity (Wildman–Crippen MR) is 104 cm³/mol. The Morgan fingerprint density at radius 3 is 1.68 bits per heavy atom. The maximum absolute atomic E-state index is 11.4. The minimum absolute atomic E-state index is 0.305. The molecule has 0 fully saturated rings. The summed E-state index contributed by atoms with van der Waals surface area (Å²) in [5.74, 6) is -0.305. The largest absolute Gasteiger partial charge is 0.501 e.